The molecule has 428 valence electrons. The van der Waals surface area contributed by atoms with Crippen molar-refractivity contribution in [3.8, 4) is 0 Å². The fourth-order valence-electron chi connectivity index (χ4n) is 8.19. The van der Waals surface area contributed by atoms with E-state index in [2.05, 4.69) is 117 Å². The third-order valence-electron chi connectivity index (χ3n) is 12.8. The van der Waals surface area contributed by atoms with Crippen LogP contribution in [-0.4, -0.2) is 142 Å². The number of unbranched alkanes of at least 4 members (excludes halogenated alkanes) is 12. The predicted octanol–water partition coefficient (Wildman–Crippen LogP) is 9.96. The van der Waals surface area contributed by atoms with Crippen LogP contribution >= 0.6 is 0 Å². The normalized spacial score (nSPS) is 25.5. The Balaban J connectivity index is 1.77. The van der Waals surface area contributed by atoms with Gasteiger partial charge in [0.05, 0.1) is 26.4 Å². The lowest BCUT2D eigenvalue weighted by Gasteiger charge is -2.42. The minimum Gasteiger partial charge on any atom is -0.457 e. The van der Waals surface area contributed by atoms with Gasteiger partial charge in [0.2, 0.25) is 0 Å². The van der Waals surface area contributed by atoms with E-state index in [1.54, 1.807) is 0 Å². The number of hydrogen-bond donors (Lipinski definition) is 7. The van der Waals surface area contributed by atoms with Crippen molar-refractivity contribution < 1.29 is 69.0 Å². The fraction of sp³-hybridized carbons (Fsp3) is 0.689. The summed E-state index contributed by atoms with van der Waals surface area (Å²) in [4.78, 5) is 13.0. The Morgan fingerprint density at radius 3 is 1.36 bits per heavy atom. The van der Waals surface area contributed by atoms with Crippen LogP contribution in [0.1, 0.15) is 168 Å². The second-order valence-corrected chi connectivity index (χ2v) is 19.4. The van der Waals surface area contributed by atoms with Gasteiger partial charge in [-0.1, -0.05) is 175 Å². The summed E-state index contributed by atoms with van der Waals surface area (Å²) in [5, 5.41) is 72.3. The SMILES string of the molecule is CC/C=C\C/C=C\C/C=C\C/C=C\C/C=C\C/C=C\C/C=C\CCCC(=O)OC(COCCCCCCCCCC/C=C\C/C=C\CCCCC)COC1OC(COC2OC(CO)C(O)C(O)C2O)C(O)C(O)C1O. The predicted molar refractivity (Wildman–Crippen MR) is 297 cm³/mol. The first-order valence-electron chi connectivity index (χ1n) is 28.5. The smallest absolute Gasteiger partial charge is 0.306 e. The van der Waals surface area contributed by atoms with E-state index in [1.807, 2.05) is 6.08 Å². The minimum absolute atomic E-state index is 0.0267. The van der Waals surface area contributed by atoms with Crippen LogP contribution in [0.5, 0.6) is 0 Å². The molecule has 0 aliphatic carbocycles. The maximum absolute atomic E-state index is 13.0. The van der Waals surface area contributed by atoms with Crippen LogP contribution in [0.15, 0.2) is 109 Å². The molecule has 75 heavy (non-hydrogen) atoms. The average molecular weight is 1060 g/mol. The molecule has 0 spiro atoms. The molecular weight excluding hydrogens is 957 g/mol. The van der Waals surface area contributed by atoms with Crippen molar-refractivity contribution in [2.24, 2.45) is 0 Å². The molecule has 11 unspecified atom stereocenters. The van der Waals surface area contributed by atoms with Crippen molar-refractivity contribution in [1.29, 1.82) is 0 Å². The number of carbonyl (C=O) groups excluding carboxylic acids is 1. The van der Waals surface area contributed by atoms with Gasteiger partial charge in [-0.05, 0) is 96.3 Å². The van der Waals surface area contributed by atoms with Crippen molar-refractivity contribution >= 4 is 5.97 Å². The molecule has 0 amide bonds. The van der Waals surface area contributed by atoms with Gasteiger partial charge in [0, 0.05) is 13.0 Å². The van der Waals surface area contributed by atoms with Gasteiger partial charge in [-0.2, -0.15) is 0 Å². The second-order valence-electron chi connectivity index (χ2n) is 19.4. The molecule has 2 rings (SSSR count). The van der Waals surface area contributed by atoms with E-state index in [9.17, 15) is 40.5 Å². The van der Waals surface area contributed by atoms with E-state index in [1.165, 1.54) is 57.8 Å². The summed E-state index contributed by atoms with van der Waals surface area (Å²) in [6.07, 6.45) is 47.2. The van der Waals surface area contributed by atoms with Crippen molar-refractivity contribution in [3.05, 3.63) is 109 Å². The molecule has 0 aromatic carbocycles. The topological polar surface area (TPSA) is 214 Å². The number of aliphatic hydroxyl groups is 7. The van der Waals surface area contributed by atoms with Crippen LogP contribution in [-0.2, 0) is 33.2 Å². The Bertz CT molecular complexity index is 1650. The highest BCUT2D eigenvalue weighted by Crippen LogP contribution is 2.26. The van der Waals surface area contributed by atoms with Gasteiger partial charge >= 0.3 is 5.97 Å². The van der Waals surface area contributed by atoms with Crippen LogP contribution in [0, 0.1) is 0 Å². The lowest BCUT2D eigenvalue weighted by Crippen LogP contribution is -2.61. The zero-order valence-corrected chi connectivity index (χ0v) is 45.7. The third kappa shape index (κ3) is 33.5. The average Bonchev–Trinajstić information content (AvgIpc) is 3.41. The zero-order chi connectivity index (χ0) is 54.4. The zero-order valence-electron chi connectivity index (χ0n) is 45.7. The monoisotopic (exact) mass is 1060 g/mol. The van der Waals surface area contributed by atoms with E-state index >= 15 is 0 Å². The Morgan fingerprint density at radius 1 is 0.453 bits per heavy atom. The van der Waals surface area contributed by atoms with E-state index in [0.29, 0.717) is 19.4 Å². The summed E-state index contributed by atoms with van der Waals surface area (Å²) >= 11 is 0. The fourth-order valence-corrected chi connectivity index (χ4v) is 8.19. The van der Waals surface area contributed by atoms with Gasteiger partial charge in [0.15, 0.2) is 12.6 Å². The highest BCUT2D eigenvalue weighted by molar-refractivity contribution is 5.69. The van der Waals surface area contributed by atoms with Crippen molar-refractivity contribution in [3.63, 3.8) is 0 Å². The highest BCUT2D eigenvalue weighted by Gasteiger charge is 2.47. The molecule has 2 fully saturated rings. The Hall–Kier alpha value is -3.35. The third-order valence-corrected chi connectivity index (χ3v) is 12.8. The van der Waals surface area contributed by atoms with Gasteiger partial charge in [-0.25, -0.2) is 0 Å². The van der Waals surface area contributed by atoms with Crippen LogP contribution in [0.25, 0.3) is 0 Å². The van der Waals surface area contributed by atoms with Gasteiger partial charge in [-0.3, -0.25) is 4.79 Å². The molecule has 2 aliphatic heterocycles. The minimum atomic E-state index is -1.73. The summed E-state index contributed by atoms with van der Waals surface area (Å²) in [6, 6.07) is 0. The molecule has 14 nitrogen and oxygen atoms in total. The van der Waals surface area contributed by atoms with Crippen molar-refractivity contribution in [1.82, 2.24) is 0 Å². The Labute approximate surface area is 451 Å². The summed E-state index contributed by atoms with van der Waals surface area (Å²) in [5.74, 6) is -0.440. The van der Waals surface area contributed by atoms with Crippen molar-refractivity contribution in [2.75, 3.05) is 33.0 Å². The Morgan fingerprint density at radius 2 is 0.867 bits per heavy atom. The number of aliphatic hydroxyl groups excluding tert-OH is 7. The molecular formula is C61H100O14. The van der Waals surface area contributed by atoms with E-state index in [4.69, 9.17) is 28.4 Å². The summed E-state index contributed by atoms with van der Waals surface area (Å²) in [7, 11) is 0. The molecule has 2 aliphatic rings. The first-order chi connectivity index (χ1) is 36.6. The molecule has 2 heterocycles. The molecule has 2 saturated heterocycles. The lowest BCUT2D eigenvalue weighted by molar-refractivity contribution is -0.332. The number of hydrogen-bond acceptors (Lipinski definition) is 14. The molecule has 14 heteroatoms. The van der Waals surface area contributed by atoms with Crippen LogP contribution in [0.4, 0.5) is 0 Å². The van der Waals surface area contributed by atoms with Gasteiger partial charge < -0.3 is 64.2 Å². The molecule has 0 bridgehead atoms. The van der Waals surface area contributed by atoms with Gasteiger partial charge in [-0.15, -0.1) is 0 Å². The summed E-state index contributed by atoms with van der Waals surface area (Å²) < 4.78 is 34.3. The number of rotatable bonds is 44. The number of ether oxygens (including phenoxy) is 6. The number of allylic oxidation sites excluding steroid dienone is 18. The largest absolute Gasteiger partial charge is 0.457 e. The quantitative estimate of drug-likeness (QED) is 0.0172. The van der Waals surface area contributed by atoms with Crippen molar-refractivity contribution in [2.45, 2.75) is 235 Å². The van der Waals surface area contributed by atoms with Crippen LogP contribution < -0.4 is 0 Å². The number of esters is 1. The molecule has 0 saturated carbocycles. The number of carbonyl (C=O) groups is 1. The molecule has 11 atom stereocenters. The summed E-state index contributed by atoms with van der Waals surface area (Å²) in [6.45, 7) is 3.44. The van der Waals surface area contributed by atoms with Crippen LogP contribution in [0.3, 0.4) is 0 Å². The van der Waals surface area contributed by atoms with E-state index in [0.717, 1.165) is 77.0 Å². The Kier molecular flexibility index (Phi) is 42.2. The second kappa shape index (κ2) is 46.7. The maximum atomic E-state index is 13.0. The highest BCUT2D eigenvalue weighted by atomic mass is 16.7. The molecule has 0 radical (unpaired) electrons. The van der Waals surface area contributed by atoms with Gasteiger partial charge in [0.1, 0.15) is 54.9 Å². The first kappa shape index (κ1) is 67.8. The molecule has 0 aromatic rings. The van der Waals surface area contributed by atoms with Gasteiger partial charge in [0.25, 0.3) is 0 Å². The van der Waals surface area contributed by atoms with Crippen LogP contribution in [0.2, 0.25) is 0 Å². The standard InChI is InChI=1S/C61H100O14/c1-3-5-7-9-11-13-15-17-19-21-23-24-25-26-27-28-30-32-34-36-38-40-42-44-53(63)73-50(47-70-45-43-41-39-37-35-33-31-29-22-20-18-16-14-12-10-8-6-4-2)48-71-60-59(69)57(67)55(65)52(75-60)49-72-61-58(68)56(66)54(64)51(46-62)74-61/h5,7,11-14,17-20,23-24,26-27,30,32,36,38,50-52,54-62,64-69H,3-4,6,8-10,15-16,21-22,25,28-29,31,33-35,37,39-49H2,1-2H3/b7-5-,13-11-,14-12-,19-17-,20-18-,24-23-,27-26-,32-30-,38-36-. The van der Waals surface area contributed by atoms with E-state index < -0.39 is 86.7 Å². The lowest BCUT2D eigenvalue weighted by atomic mass is 9.98. The summed E-state index contributed by atoms with van der Waals surface area (Å²) in [5.41, 5.74) is 0. The first-order valence-corrected chi connectivity index (χ1v) is 28.5. The molecule has 7 N–H and O–H groups in total. The molecule has 0 aromatic heterocycles. The maximum Gasteiger partial charge on any atom is 0.306 e. The van der Waals surface area contributed by atoms with E-state index in [-0.39, 0.29) is 19.6 Å².